The molecule has 108 valence electrons. The summed E-state index contributed by atoms with van der Waals surface area (Å²) < 4.78 is 11.5. The molecule has 0 fully saturated rings. The zero-order valence-electron chi connectivity index (χ0n) is 13.2. The molecule has 0 N–H and O–H groups in total. The standard InChI is InChI=1S/C17H28O2/c1-7-13(3)14-9-11-15(12-10-14)19-16(18-6)17(4,5)8-2/h9-13,16H,7-8H2,1-6H3. The van der Waals surface area contributed by atoms with E-state index >= 15 is 0 Å². The molecule has 0 radical (unpaired) electrons. The van der Waals surface area contributed by atoms with E-state index in [0.717, 1.165) is 18.6 Å². The van der Waals surface area contributed by atoms with Crippen LogP contribution < -0.4 is 4.74 Å². The molecule has 2 unspecified atom stereocenters. The lowest BCUT2D eigenvalue weighted by atomic mass is 9.89. The third kappa shape index (κ3) is 4.24. The number of ether oxygens (including phenoxy) is 2. The van der Waals surface area contributed by atoms with Gasteiger partial charge in [-0.25, -0.2) is 0 Å². The van der Waals surface area contributed by atoms with Gasteiger partial charge >= 0.3 is 0 Å². The highest BCUT2D eigenvalue weighted by Crippen LogP contribution is 2.30. The highest BCUT2D eigenvalue weighted by molar-refractivity contribution is 5.29. The Morgan fingerprint density at radius 1 is 1.11 bits per heavy atom. The Labute approximate surface area is 118 Å². The van der Waals surface area contributed by atoms with Gasteiger partial charge in [0.15, 0.2) is 0 Å². The van der Waals surface area contributed by atoms with Crippen LogP contribution in [0.3, 0.4) is 0 Å². The van der Waals surface area contributed by atoms with Gasteiger partial charge in [0, 0.05) is 12.5 Å². The van der Waals surface area contributed by atoms with Gasteiger partial charge in [-0.2, -0.15) is 0 Å². The number of benzene rings is 1. The summed E-state index contributed by atoms with van der Waals surface area (Å²) in [4.78, 5) is 0. The Bertz CT molecular complexity index is 367. The minimum absolute atomic E-state index is 0.00410. The molecule has 2 nitrogen and oxygen atoms in total. The first-order chi connectivity index (χ1) is 8.94. The first-order valence-corrected chi connectivity index (χ1v) is 7.24. The minimum atomic E-state index is -0.216. The summed E-state index contributed by atoms with van der Waals surface area (Å²) in [6, 6.07) is 8.38. The van der Waals surface area contributed by atoms with Crippen LogP contribution in [0.5, 0.6) is 5.75 Å². The molecule has 2 atom stereocenters. The fraction of sp³-hybridized carbons (Fsp3) is 0.647. The smallest absolute Gasteiger partial charge is 0.204 e. The van der Waals surface area contributed by atoms with Crippen LogP contribution in [0.2, 0.25) is 0 Å². The number of methoxy groups -OCH3 is 1. The van der Waals surface area contributed by atoms with Crippen LogP contribution in [0.4, 0.5) is 0 Å². The van der Waals surface area contributed by atoms with Crippen LogP contribution in [0, 0.1) is 5.41 Å². The van der Waals surface area contributed by atoms with Gasteiger partial charge in [0.2, 0.25) is 6.29 Å². The van der Waals surface area contributed by atoms with Crippen LogP contribution in [0.25, 0.3) is 0 Å². The van der Waals surface area contributed by atoms with Crippen LogP contribution in [0.1, 0.15) is 58.9 Å². The quantitative estimate of drug-likeness (QED) is 0.646. The summed E-state index contributed by atoms with van der Waals surface area (Å²) in [7, 11) is 1.70. The maximum absolute atomic E-state index is 5.97. The van der Waals surface area contributed by atoms with Crippen molar-refractivity contribution in [2.24, 2.45) is 5.41 Å². The normalized spacial score (nSPS) is 15.1. The van der Waals surface area contributed by atoms with Crippen molar-refractivity contribution in [1.82, 2.24) is 0 Å². The lowest BCUT2D eigenvalue weighted by molar-refractivity contribution is -0.128. The van der Waals surface area contributed by atoms with Crippen molar-refractivity contribution in [3.05, 3.63) is 29.8 Å². The molecule has 2 heteroatoms. The number of hydrogen-bond acceptors (Lipinski definition) is 2. The van der Waals surface area contributed by atoms with E-state index in [2.05, 4.69) is 46.8 Å². The molecule has 0 heterocycles. The maximum atomic E-state index is 5.97. The predicted octanol–water partition coefficient (Wildman–Crippen LogP) is 4.99. The topological polar surface area (TPSA) is 18.5 Å². The molecule has 0 aliphatic heterocycles. The van der Waals surface area contributed by atoms with Crippen molar-refractivity contribution in [3.8, 4) is 5.75 Å². The average Bonchev–Trinajstić information content (AvgIpc) is 2.44. The van der Waals surface area contributed by atoms with Crippen LogP contribution >= 0.6 is 0 Å². The molecule has 1 rings (SSSR count). The molecule has 0 spiro atoms. The third-order valence-electron chi connectivity index (χ3n) is 4.07. The third-order valence-corrected chi connectivity index (χ3v) is 4.07. The van der Waals surface area contributed by atoms with E-state index in [1.54, 1.807) is 7.11 Å². The molecule has 0 amide bonds. The molecule has 0 aliphatic carbocycles. The fourth-order valence-electron chi connectivity index (χ4n) is 1.93. The molecule has 0 aliphatic rings. The highest BCUT2D eigenvalue weighted by Gasteiger charge is 2.29. The van der Waals surface area contributed by atoms with Gasteiger partial charge in [0.25, 0.3) is 0 Å². The van der Waals surface area contributed by atoms with Gasteiger partial charge in [-0.1, -0.05) is 46.8 Å². The highest BCUT2D eigenvalue weighted by atomic mass is 16.7. The van der Waals surface area contributed by atoms with Gasteiger partial charge in [0.1, 0.15) is 5.75 Å². The van der Waals surface area contributed by atoms with Gasteiger partial charge in [-0.05, 0) is 36.5 Å². The zero-order chi connectivity index (χ0) is 14.5. The van der Waals surface area contributed by atoms with Crippen LogP contribution in [-0.2, 0) is 4.74 Å². The van der Waals surface area contributed by atoms with Crippen LogP contribution in [-0.4, -0.2) is 13.4 Å². The van der Waals surface area contributed by atoms with E-state index in [0.29, 0.717) is 5.92 Å². The van der Waals surface area contributed by atoms with Crippen molar-refractivity contribution in [3.63, 3.8) is 0 Å². The molecule has 0 saturated heterocycles. The van der Waals surface area contributed by atoms with Crippen molar-refractivity contribution in [2.75, 3.05) is 7.11 Å². The van der Waals surface area contributed by atoms with E-state index < -0.39 is 0 Å². The minimum Gasteiger partial charge on any atom is -0.464 e. The molecule has 1 aromatic rings. The van der Waals surface area contributed by atoms with Crippen molar-refractivity contribution in [2.45, 2.75) is 59.7 Å². The summed E-state index contributed by atoms with van der Waals surface area (Å²) in [5.74, 6) is 1.47. The molecular formula is C17H28O2. The van der Waals surface area contributed by atoms with Gasteiger partial charge < -0.3 is 9.47 Å². The molecule has 1 aromatic carbocycles. The predicted molar refractivity (Wildman–Crippen MR) is 80.6 cm³/mol. The largest absolute Gasteiger partial charge is 0.464 e. The molecule has 0 saturated carbocycles. The summed E-state index contributed by atoms with van der Waals surface area (Å²) in [5.41, 5.74) is 1.36. The first kappa shape index (κ1) is 16.0. The second kappa shape index (κ2) is 6.95. The van der Waals surface area contributed by atoms with Crippen molar-refractivity contribution < 1.29 is 9.47 Å². The number of hydrogen-bond donors (Lipinski definition) is 0. The molecule has 19 heavy (non-hydrogen) atoms. The second-order valence-corrected chi connectivity index (χ2v) is 5.91. The van der Waals surface area contributed by atoms with Gasteiger partial charge in [-0.3, -0.25) is 0 Å². The van der Waals surface area contributed by atoms with E-state index in [1.165, 1.54) is 5.56 Å². The summed E-state index contributed by atoms with van der Waals surface area (Å²) in [5, 5.41) is 0. The van der Waals surface area contributed by atoms with E-state index in [-0.39, 0.29) is 11.7 Å². The molecular weight excluding hydrogens is 236 g/mol. The number of rotatable bonds is 7. The first-order valence-electron chi connectivity index (χ1n) is 7.24. The maximum Gasteiger partial charge on any atom is 0.204 e. The van der Waals surface area contributed by atoms with Gasteiger partial charge in [-0.15, -0.1) is 0 Å². The fourth-order valence-corrected chi connectivity index (χ4v) is 1.93. The molecule has 0 bridgehead atoms. The van der Waals surface area contributed by atoms with E-state index in [4.69, 9.17) is 9.47 Å². The average molecular weight is 264 g/mol. The summed E-state index contributed by atoms with van der Waals surface area (Å²) in [6.45, 7) is 10.9. The Balaban J connectivity index is 2.76. The van der Waals surface area contributed by atoms with Crippen LogP contribution in [0.15, 0.2) is 24.3 Å². The zero-order valence-corrected chi connectivity index (χ0v) is 13.2. The lowest BCUT2D eigenvalue weighted by Gasteiger charge is -2.32. The Morgan fingerprint density at radius 2 is 1.68 bits per heavy atom. The monoisotopic (exact) mass is 264 g/mol. The Hall–Kier alpha value is -1.02. The Kier molecular flexibility index (Phi) is 5.86. The SMILES string of the molecule is CCC(C)c1ccc(OC(OC)C(C)(C)CC)cc1. The summed E-state index contributed by atoms with van der Waals surface area (Å²) in [6.07, 6.45) is 1.95. The lowest BCUT2D eigenvalue weighted by Crippen LogP contribution is -2.35. The van der Waals surface area contributed by atoms with E-state index in [1.807, 2.05) is 12.1 Å². The van der Waals surface area contributed by atoms with Crippen molar-refractivity contribution >= 4 is 0 Å². The second-order valence-electron chi connectivity index (χ2n) is 5.91. The summed E-state index contributed by atoms with van der Waals surface area (Å²) >= 11 is 0. The van der Waals surface area contributed by atoms with Gasteiger partial charge in [0.05, 0.1) is 0 Å². The Morgan fingerprint density at radius 3 is 2.11 bits per heavy atom. The molecule has 0 aromatic heterocycles. The van der Waals surface area contributed by atoms with E-state index in [9.17, 15) is 0 Å². The van der Waals surface area contributed by atoms with Crippen molar-refractivity contribution in [1.29, 1.82) is 0 Å².